The van der Waals surface area contributed by atoms with Crippen LogP contribution in [0, 0.1) is 0 Å². The zero-order valence-electron chi connectivity index (χ0n) is 12.9. The second-order valence-corrected chi connectivity index (χ2v) is 6.96. The van der Waals surface area contributed by atoms with E-state index in [1.807, 2.05) is 0 Å². The Kier molecular flexibility index (Phi) is 29.9. The first kappa shape index (κ1) is 37.7. The first-order valence-corrected chi connectivity index (χ1v) is 10.1. The summed E-state index contributed by atoms with van der Waals surface area (Å²) in [5, 5.41) is 0. The first-order chi connectivity index (χ1) is 10.6. The van der Waals surface area contributed by atoms with Crippen LogP contribution in [0.25, 0.3) is 0 Å². The maximum Gasteiger partial charge on any atom is 0.692 e. The van der Waals surface area contributed by atoms with Crippen LogP contribution >= 0.6 is 23.4 Å². The number of carbonyl (C=O) groups is 2. The van der Waals surface area contributed by atoms with Gasteiger partial charge in [-0.3, -0.25) is 18.7 Å². The van der Waals surface area contributed by atoms with Crippen molar-refractivity contribution >= 4 is 35.4 Å². The Bertz CT molecular complexity index is 452. The third-order valence-corrected chi connectivity index (χ3v) is 2.05. The maximum absolute atomic E-state index is 10.2. The summed E-state index contributed by atoms with van der Waals surface area (Å²) in [6.07, 6.45) is -1.80. The number of rotatable bonds is 6. The van der Waals surface area contributed by atoms with E-state index in [9.17, 15) is 18.7 Å². The molecule has 20 heteroatoms. The van der Waals surface area contributed by atoms with Crippen molar-refractivity contribution < 1.29 is 115 Å². The maximum atomic E-state index is 10.2. The average Bonchev–Trinajstić information content (AvgIpc) is 2.40. The first-order valence-electron chi connectivity index (χ1n) is 5.30. The van der Waals surface area contributed by atoms with Crippen molar-refractivity contribution in [2.24, 2.45) is 11.5 Å². The minimum Gasteiger partial charge on any atom is -0.452 e. The van der Waals surface area contributed by atoms with Crippen LogP contribution in [-0.2, 0) is 85.2 Å². The molecule has 0 bridgehead atoms. The number of esters is 2. The number of carbonyl (C=O) groups excluding carboxylic acids is 2. The molecule has 152 valence electrons. The molecule has 26 heavy (non-hydrogen) atoms. The second kappa shape index (κ2) is 20.7. The fourth-order valence-corrected chi connectivity index (χ4v) is 1.05. The van der Waals surface area contributed by atoms with Gasteiger partial charge in [-0.25, -0.2) is 0 Å². The predicted octanol–water partition coefficient (Wildman–Crippen LogP) is -3.13. The molecule has 0 aromatic rings. The van der Waals surface area contributed by atoms with E-state index >= 15 is 0 Å². The third kappa shape index (κ3) is 49.8. The Labute approximate surface area is 186 Å². The Morgan fingerprint density at radius 1 is 0.808 bits per heavy atom. The molecule has 0 aliphatic carbocycles. The van der Waals surface area contributed by atoms with E-state index in [1.54, 1.807) is 0 Å². The zero-order valence-corrected chi connectivity index (χ0v) is 20.5. The van der Waals surface area contributed by atoms with Crippen LogP contribution in [0.2, 0.25) is 0 Å². The molecule has 0 fully saturated rings. The van der Waals surface area contributed by atoms with Gasteiger partial charge in [0.05, 0.1) is 13.1 Å². The van der Waals surface area contributed by atoms with Gasteiger partial charge in [0.15, 0.2) is 12.7 Å². The third-order valence-electron chi connectivity index (χ3n) is 1.12. The van der Waals surface area contributed by atoms with Crippen LogP contribution in [0.1, 0.15) is 0 Å². The standard InChI is InChI=1S/2C3H8NO5P.HO3P.2Zr/c2*4-1-3(5)9-2-10(6,7)8;1-4(2)3;;/h2*1-2,4H2,(H2,6,7,8);(H-,1,2,3);;/p+1. The van der Waals surface area contributed by atoms with Gasteiger partial charge in [0.2, 0.25) is 0 Å². The Hall–Kier alpha value is 0.946. The largest absolute Gasteiger partial charge is 0.692 e. The summed E-state index contributed by atoms with van der Waals surface area (Å²) in [5.41, 5.74) is 9.55. The molecular formula is C6H18N2O13P3Zr2+. The van der Waals surface area contributed by atoms with Gasteiger partial charge in [0.25, 0.3) is 0 Å². The molecule has 15 nitrogen and oxygen atoms in total. The van der Waals surface area contributed by atoms with Crippen molar-refractivity contribution in [3.8, 4) is 0 Å². The molecule has 0 saturated carbocycles. The molecule has 0 aromatic carbocycles. The monoisotopic (exact) mass is 599 g/mol. The molecule has 0 aliphatic rings. The van der Waals surface area contributed by atoms with Gasteiger partial charge in [-0.15, -0.1) is 9.79 Å². The summed E-state index contributed by atoms with van der Waals surface area (Å²) in [6.45, 7) is -0.750. The van der Waals surface area contributed by atoms with E-state index in [0.717, 1.165) is 0 Å². The van der Waals surface area contributed by atoms with Crippen molar-refractivity contribution in [2.45, 2.75) is 0 Å². The van der Waals surface area contributed by atoms with Crippen LogP contribution in [-0.4, -0.2) is 67.1 Å². The Morgan fingerprint density at radius 2 is 1.00 bits per heavy atom. The van der Waals surface area contributed by atoms with Crippen molar-refractivity contribution in [3.05, 3.63) is 0 Å². The Morgan fingerprint density at radius 3 is 1.12 bits per heavy atom. The van der Waals surface area contributed by atoms with Crippen LogP contribution in [0.5, 0.6) is 0 Å². The SMILES string of the molecule is NCC(=O)OCP(=O)(O)O.NCC(=O)OCP(=O)(O)O.O=[P+](O)O.[Zr].[Zr]. The smallest absolute Gasteiger partial charge is 0.452 e. The van der Waals surface area contributed by atoms with Crippen LogP contribution in [0.4, 0.5) is 0 Å². The van der Waals surface area contributed by atoms with E-state index in [1.165, 1.54) is 0 Å². The molecule has 0 radical (unpaired) electrons. The van der Waals surface area contributed by atoms with Crippen molar-refractivity contribution in [1.29, 1.82) is 0 Å². The summed E-state index contributed by atoms with van der Waals surface area (Å²) in [7, 11) is -11.3. The normalized spacial score (nSPS) is 9.54. The molecule has 0 aromatic heterocycles. The second-order valence-electron chi connectivity index (χ2n) is 3.28. The number of ether oxygens (including phenoxy) is 2. The molecular weight excluding hydrogens is 583 g/mol. The molecule has 0 amide bonds. The topological polar surface area (TPSA) is 277 Å². The zero-order chi connectivity index (χ0) is 20.0. The van der Waals surface area contributed by atoms with E-state index < -0.39 is 48.1 Å². The predicted molar refractivity (Wildman–Crippen MR) is 76.2 cm³/mol. The summed E-state index contributed by atoms with van der Waals surface area (Å²) < 4.78 is 36.8. The fourth-order valence-electron chi connectivity index (χ4n) is 0.430. The van der Waals surface area contributed by atoms with Gasteiger partial charge in [-0.05, 0) is 0 Å². The molecule has 0 aliphatic heterocycles. The van der Waals surface area contributed by atoms with E-state index in [-0.39, 0.29) is 65.5 Å². The van der Waals surface area contributed by atoms with Crippen molar-refractivity contribution in [2.75, 3.05) is 25.8 Å². The van der Waals surface area contributed by atoms with E-state index in [2.05, 4.69) is 9.47 Å². The van der Waals surface area contributed by atoms with Gasteiger partial charge in [-0.1, -0.05) is 0 Å². The summed E-state index contributed by atoms with van der Waals surface area (Å²) in [6, 6.07) is 0. The van der Waals surface area contributed by atoms with Crippen LogP contribution in [0.15, 0.2) is 0 Å². The molecule has 0 spiro atoms. The number of nitrogens with two attached hydrogens (primary N) is 2. The molecule has 0 heterocycles. The molecule has 0 rings (SSSR count). The summed E-state index contributed by atoms with van der Waals surface area (Å²) in [5.74, 6) is -1.66. The van der Waals surface area contributed by atoms with Gasteiger partial charge in [0, 0.05) is 57.0 Å². The quantitative estimate of drug-likeness (QED) is 0.110. The fraction of sp³-hybridized carbons (Fsp3) is 0.667. The van der Waals surface area contributed by atoms with Crippen molar-refractivity contribution in [1.82, 2.24) is 0 Å². The van der Waals surface area contributed by atoms with Crippen LogP contribution < -0.4 is 11.5 Å². The van der Waals surface area contributed by atoms with Gasteiger partial charge in [-0.2, -0.15) is 0 Å². The van der Waals surface area contributed by atoms with Gasteiger partial charge >= 0.3 is 35.4 Å². The van der Waals surface area contributed by atoms with Crippen molar-refractivity contribution in [3.63, 3.8) is 0 Å². The van der Waals surface area contributed by atoms with Crippen LogP contribution in [0.3, 0.4) is 0 Å². The summed E-state index contributed by atoms with van der Waals surface area (Å²) in [4.78, 5) is 67.2. The molecule has 0 saturated heterocycles. The minimum atomic E-state index is -4.23. The summed E-state index contributed by atoms with van der Waals surface area (Å²) >= 11 is 0. The number of hydrogen-bond acceptors (Lipinski definition) is 9. The van der Waals surface area contributed by atoms with Gasteiger partial charge < -0.3 is 40.5 Å². The molecule has 0 unspecified atom stereocenters. The van der Waals surface area contributed by atoms with E-state index in [0.29, 0.717) is 0 Å². The van der Waals surface area contributed by atoms with Gasteiger partial charge in [0.1, 0.15) is 0 Å². The van der Waals surface area contributed by atoms with E-state index in [4.69, 9.17) is 45.4 Å². The number of hydrogen-bond donors (Lipinski definition) is 8. The average molecular weight is 602 g/mol. The molecule has 10 N–H and O–H groups in total. The Balaban J connectivity index is -0.0000000883. The minimum absolute atomic E-state index is 0. The molecule has 0 atom stereocenters.